The molecule has 0 aliphatic carbocycles. The molecule has 0 aliphatic heterocycles. The maximum absolute atomic E-state index is 12.4. The van der Waals surface area contributed by atoms with E-state index in [-0.39, 0.29) is 0 Å². The number of halogens is 3. The van der Waals surface area contributed by atoms with E-state index in [1.807, 2.05) is 30.1 Å². The number of hydrogen-bond acceptors (Lipinski definition) is 3. The van der Waals surface area contributed by atoms with Crippen molar-refractivity contribution in [3.8, 4) is 0 Å². The average molecular weight is 281 g/mol. The Hall–Kier alpha value is -2.11. The van der Waals surface area contributed by atoms with Crippen LogP contribution in [0.15, 0.2) is 42.7 Å². The summed E-state index contributed by atoms with van der Waals surface area (Å²) in [6.07, 6.45) is -0.723. The Morgan fingerprint density at radius 3 is 2.45 bits per heavy atom. The fourth-order valence-corrected chi connectivity index (χ4v) is 1.74. The number of pyridine rings is 2. The molecule has 0 N–H and O–H groups in total. The Balaban J connectivity index is 1.97. The summed E-state index contributed by atoms with van der Waals surface area (Å²) >= 11 is 0. The maximum Gasteiger partial charge on any atom is 0.433 e. The third kappa shape index (κ3) is 3.69. The zero-order chi connectivity index (χ0) is 14.6. The number of aromatic nitrogens is 2. The van der Waals surface area contributed by atoms with Crippen molar-refractivity contribution >= 4 is 5.69 Å². The van der Waals surface area contributed by atoms with Gasteiger partial charge in [0.1, 0.15) is 5.69 Å². The fraction of sp³-hybridized carbons (Fsp3) is 0.286. The van der Waals surface area contributed by atoms with E-state index in [4.69, 9.17) is 0 Å². The molecule has 0 radical (unpaired) electrons. The molecule has 106 valence electrons. The van der Waals surface area contributed by atoms with Gasteiger partial charge in [0.05, 0.1) is 11.9 Å². The normalized spacial score (nSPS) is 11.4. The quantitative estimate of drug-likeness (QED) is 0.862. The van der Waals surface area contributed by atoms with E-state index in [1.165, 1.54) is 12.3 Å². The van der Waals surface area contributed by atoms with Crippen molar-refractivity contribution in [2.75, 3.05) is 18.5 Å². The van der Waals surface area contributed by atoms with Crippen LogP contribution in [0.25, 0.3) is 0 Å². The van der Waals surface area contributed by atoms with Gasteiger partial charge in [-0.1, -0.05) is 6.07 Å². The molecule has 0 amide bonds. The molecule has 0 spiro atoms. The summed E-state index contributed by atoms with van der Waals surface area (Å²) in [5.74, 6) is 0. The van der Waals surface area contributed by atoms with E-state index in [1.54, 1.807) is 6.20 Å². The highest BCUT2D eigenvalue weighted by molar-refractivity contribution is 5.44. The lowest BCUT2D eigenvalue weighted by molar-refractivity contribution is -0.141. The minimum atomic E-state index is -4.40. The molecule has 0 saturated heterocycles. The van der Waals surface area contributed by atoms with E-state index >= 15 is 0 Å². The first-order chi connectivity index (χ1) is 9.47. The predicted octanol–water partition coefficient (Wildman–Crippen LogP) is 3.17. The summed E-state index contributed by atoms with van der Waals surface area (Å²) in [5.41, 5.74) is 0.715. The molecule has 0 aromatic carbocycles. The number of rotatable bonds is 4. The van der Waals surface area contributed by atoms with Crippen molar-refractivity contribution in [3.05, 3.63) is 54.1 Å². The van der Waals surface area contributed by atoms with Gasteiger partial charge >= 0.3 is 6.18 Å². The number of alkyl halides is 3. The molecule has 0 bridgehead atoms. The zero-order valence-electron chi connectivity index (χ0n) is 10.9. The highest BCUT2D eigenvalue weighted by Crippen LogP contribution is 2.28. The monoisotopic (exact) mass is 281 g/mol. The standard InChI is InChI=1S/C14H14F3N3/c1-20(9-7-11-4-2-3-8-18-11)12-5-6-13(19-10-12)14(15,16)17/h2-6,8,10H,7,9H2,1H3. The molecule has 0 aliphatic rings. The first-order valence-electron chi connectivity index (χ1n) is 6.11. The Kier molecular flexibility index (Phi) is 4.22. The van der Waals surface area contributed by atoms with Gasteiger partial charge < -0.3 is 4.90 Å². The van der Waals surface area contributed by atoms with Gasteiger partial charge in [-0.2, -0.15) is 13.2 Å². The lowest BCUT2D eigenvalue weighted by Crippen LogP contribution is -2.21. The molecular weight excluding hydrogens is 267 g/mol. The highest BCUT2D eigenvalue weighted by Gasteiger charge is 2.32. The molecule has 2 heterocycles. The molecule has 0 atom stereocenters. The topological polar surface area (TPSA) is 29.0 Å². The second-order valence-electron chi connectivity index (χ2n) is 4.39. The number of hydrogen-bond donors (Lipinski definition) is 0. The lowest BCUT2D eigenvalue weighted by atomic mass is 10.2. The third-order valence-electron chi connectivity index (χ3n) is 2.91. The summed E-state index contributed by atoms with van der Waals surface area (Å²) in [4.78, 5) is 9.49. The Labute approximate surface area is 115 Å². The summed E-state index contributed by atoms with van der Waals surface area (Å²) in [5, 5.41) is 0. The second kappa shape index (κ2) is 5.90. The zero-order valence-corrected chi connectivity index (χ0v) is 10.9. The molecule has 3 nitrogen and oxygen atoms in total. The van der Waals surface area contributed by atoms with Gasteiger partial charge in [-0.3, -0.25) is 4.98 Å². The van der Waals surface area contributed by atoms with Crippen LogP contribution in [0.4, 0.5) is 18.9 Å². The number of likely N-dealkylation sites (N-methyl/N-ethyl adjacent to an activating group) is 1. The smallest absolute Gasteiger partial charge is 0.373 e. The van der Waals surface area contributed by atoms with E-state index in [2.05, 4.69) is 9.97 Å². The first kappa shape index (κ1) is 14.3. The molecule has 20 heavy (non-hydrogen) atoms. The summed E-state index contributed by atoms with van der Waals surface area (Å²) in [6, 6.07) is 8.08. The van der Waals surface area contributed by atoms with E-state index in [9.17, 15) is 13.2 Å². The Bertz CT molecular complexity index is 538. The van der Waals surface area contributed by atoms with Crippen molar-refractivity contribution in [3.63, 3.8) is 0 Å². The SMILES string of the molecule is CN(CCc1ccccn1)c1ccc(C(F)(F)F)nc1. The van der Waals surface area contributed by atoms with Gasteiger partial charge in [0, 0.05) is 31.9 Å². The molecule has 6 heteroatoms. The fourth-order valence-electron chi connectivity index (χ4n) is 1.74. The number of anilines is 1. The van der Waals surface area contributed by atoms with Crippen molar-refractivity contribution < 1.29 is 13.2 Å². The van der Waals surface area contributed by atoms with Crippen LogP contribution in [-0.4, -0.2) is 23.6 Å². The molecular formula is C14H14F3N3. The predicted molar refractivity (Wildman–Crippen MR) is 70.5 cm³/mol. The minimum absolute atomic E-state index is 0.647. The van der Waals surface area contributed by atoms with Crippen LogP contribution in [0.5, 0.6) is 0 Å². The second-order valence-corrected chi connectivity index (χ2v) is 4.39. The van der Waals surface area contributed by atoms with Crippen LogP contribution in [0, 0.1) is 0 Å². The first-order valence-corrected chi connectivity index (χ1v) is 6.11. The largest absolute Gasteiger partial charge is 0.433 e. The lowest BCUT2D eigenvalue weighted by Gasteiger charge is -2.19. The minimum Gasteiger partial charge on any atom is -0.373 e. The summed E-state index contributed by atoms with van der Waals surface area (Å²) < 4.78 is 37.2. The van der Waals surface area contributed by atoms with Crippen LogP contribution >= 0.6 is 0 Å². The number of nitrogens with zero attached hydrogens (tertiary/aromatic N) is 3. The van der Waals surface area contributed by atoms with Crippen molar-refractivity contribution in [1.29, 1.82) is 0 Å². The van der Waals surface area contributed by atoms with Crippen LogP contribution in [0.1, 0.15) is 11.4 Å². The summed E-state index contributed by atoms with van der Waals surface area (Å²) in [7, 11) is 1.81. The van der Waals surface area contributed by atoms with Gasteiger partial charge in [0.15, 0.2) is 0 Å². The molecule has 0 saturated carbocycles. The van der Waals surface area contributed by atoms with E-state index in [0.717, 1.165) is 18.2 Å². The molecule has 2 aromatic rings. The van der Waals surface area contributed by atoms with Gasteiger partial charge in [-0.05, 0) is 24.3 Å². The van der Waals surface area contributed by atoms with Crippen LogP contribution in [-0.2, 0) is 12.6 Å². The average Bonchev–Trinajstić information content (AvgIpc) is 2.45. The Morgan fingerprint density at radius 1 is 1.10 bits per heavy atom. The molecule has 0 fully saturated rings. The molecule has 0 unspecified atom stereocenters. The van der Waals surface area contributed by atoms with Crippen LogP contribution in [0.3, 0.4) is 0 Å². The van der Waals surface area contributed by atoms with Crippen LogP contribution < -0.4 is 4.90 Å². The van der Waals surface area contributed by atoms with Crippen molar-refractivity contribution in [2.45, 2.75) is 12.6 Å². The molecule has 2 rings (SSSR count). The maximum atomic E-state index is 12.4. The highest BCUT2D eigenvalue weighted by atomic mass is 19.4. The third-order valence-corrected chi connectivity index (χ3v) is 2.91. The van der Waals surface area contributed by atoms with Gasteiger partial charge in [-0.15, -0.1) is 0 Å². The van der Waals surface area contributed by atoms with Gasteiger partial charge in [-0.25, -0.2) is 4.98 Å². The van der Waals surface area contributed by atoms with Gasteiger partial charge in [0.2, 0.25) is 0 Å². The summed E-state index contributed by atoms with van der Waals surface area (Å²) in [6.45, 7) is 0.657. The van der Waals surface area contributed by atoms with Gasteiger partial charge in [0.25, 0.3) is 0 Å². The van der Waals surface area contributed by atoms with E-state index < -0.39 is 11.9 Å². The van der Waals surface area contributed by atoms with Crippen molar-refractivity contribution in [2.24, 2.45) is 0 Å². The molecule has 2 aromatic heterocycles. The van der Waals surface area contributed by atoms with Crippen LogP contribution in [0.2, 0.25) is 0 Å². The van der Waals surface area contributed by atoms with Crippen molar-refractivity contribution in [1.82, 2.24) is 9.97 Å². The van der Waals surface area contributed by atoms with E-state index in [0.29, 0.717) is 12.2 Å². The Morgan fingerprint density at radius 2 is 1.90 bits per heavy atom.